The number of rotatable bonds is 5. The molecule has 0 aromatic heterocycles. The van der Waals surface area contributed by atoms with E-state index in [4.69, 9.17) is 0 Å². The average molecular weight is 316 g/mol. The van der Waals surface area contributed by atoms with E-state index >= 15 is 0 Å². The first-order valence-corrected chi connectivity index (χ1v) is 8.56. The molecule has 1 aliphatic rings. The van der Waals surface area contributed by atoms with Gasteiger partial charge in [-0.15, -0.1) is 0 Å². The zero-order valence-electron chi connectivity index (χ0n) is 14.2. The highest BCUT2D eigenvalue weighted by Crippen LogP contribution is 2.12. The highest BCUT2D eigenvalue weighted by Gasteiger charge is 2.15. The Morgan fingerprint density at radius 3 is 2.52 bits per heavy atom. The van der Waals surface area contributed by atoms with Crippen LogP contribution in [0.5, 0.6) is 0 Å². The van der Waals surface area contributed by atoms with Crippen molar-refractivity contribution in [2.45, 2.75) is 45.6 Å². The molecule has 1 saturated heterocycles. The second kappa shape index (κ2) is 9.18. The fourth-order valence-electron chi connectivity index (χ4n) is 2.63. The summed E-state index contributed by atoms with van der Waals surface area (Å²) < 4.78 is 0. The first-order chi connectivity index (χ1) is 11.1. The Kier molecular flexibility index (Phi) is 6.91. The summed E-state index contributed by atoms with van der Waals surface area (Å²) in [6, 6.07) is 10.3. The van der Waals surface area contributed by atoms with E-state index in [2.05, 4.69) is 20.5 Å². The number of benzene rings is 1. The predicted molar refractivity (Wildman–Crippen MR) is 95.7 cm³/mol. The number of carbonyl (C=O) groups excluding carboxylic acids is 1. The lowest BCUT2D eigenvalue weighted by molar-refractivity contribution is -0.121. The zero-order chi connectivity index (χ0) is 16.5. The summed E-state index contributed by atoms with van der Waals surface area (Å²) in [6.45, 7) is 6.49. The molecule has 2 rings (SSSR count). The normalized spacial score (nSPS) is 15.6. The van der Waals surface area contributed by atoms with Gasteiger partial charge >= 0.3 is 0 Å². The minimum Gasteiger partial charge on any atom is -0.354 e. The van der Waals surface area contributed by atoms with E-state index in [1.54, 1.807) is 0 Å². The van der Waals surface area contributed by atoms with Crippen LogP contribution in [0.25, 0.3) is 0 Å². The minimum atomic E-state index is 0.0569. The number of carbonyl (C=O) groups is 1. The van der Waals surface area contributed by atoms with Gasteiger partial charge in [0.1, 0.15) is 0 Å². The van der Waals surface area contributed by atoms with Crippen LogP contribution in [0, 0.1) is 0 Å². The van der Waals surface area contributed by atoms with Crippen molar-refractivity contribution in [2.75, 3.05) is 25.0 Å². The summed E-state index contributed by atoms with van der Waals surface area (Å²) in [6.07, 6.45) is 4.10. The van der Waals surface area contributed by atoms with Gasteiger partial charge in [0.2, 0.25) is 5.91 Å². The van der Waals surface area contributed by atoms with E-state index < -0.39 is 0 Å². The Labute approximate surface area is 139 Å². The van der Waals surface area contributed by atoms with Crippen LogP contribution in [-0.2, 0) is 4.79 Å². The van der Waals surface area contributed by atoms with Crippen molar-refractivity contribution in [1.82, 2.24) is 10.2 Å². The van der Waals surface area contributed by atoms with Crippen LogP contribution in [-0.4, -0.2) is 42.4 Å². The maximum Gasteiger partial charge on any atom is 0.222 e. The second-order valence-corrected chi connectivity index (χ2v) is 6.22. The second-order valence-electron chi connectivity index (χ2n) is 6.22. The Balaban J connectivity index is 1.97. The van der Waals surface area contributed by atoms with Crippen LogP contribution in [0.3, 0.4) is 0 Å². The molecular formula is C18H28N4O. The summed E-state index contributed by atoms with van der Waals surface area (Å²) in [7, 11) is 0. The SMILES string of the molecule is CC(C)NC(=O)CCN=C(Nc1ccccc1)N1CCCCC1. The number of likely N-dealkylation sites (tertiary alicyclic amines) is 1. The number of aliphatic imine (C=N–C) groups is 1. The third-order valence-corrected chi connectivity index (χ3v) is 3.74. The van der Waals surface area contributed by atoms with Crippen LogP contribution in [0.1, 0.15) is 39.5 Å². The zero-order valence-corrected chi connectivity index (χ0v) is 14.2. The van der Waals surface area contributed by atoms with E-state index in [9.17, 15) is 4.79 Å². The Hall–Kier alpha value is -2.04. The van der Waals surface area contributed by atoms with E-state index in [-0.39, 0.29) is 11.9 Å². The Morgan fingerprint density at radius 2 is 1.87 bits per heavy atom. The van der Waals surface area contributed by atoms with Crippen LogP contribution < -0.4 is 10.6 Å². The Bertz CT molecular complexity index is 507. The highest BCUT2D eigenvalue weighted by molar-refractivity contribution is 5.93. The molecule has 0 bridgehead atoms. The third kappa shape index (κ3) is 6.30. The van der Waals surface area contributed by atoms with Gasteiger partial charge in [0, 0.05) is 31.2 Å². The van der Waals surface area contributed by atoms with Crippen LogP contribution >= 0.6 is 0 Å². The summed E-state index contributed by atoms with van der Waals surface area (Å²) in [4.78, 5) is 18.7. The van der Waals surface area contributed by atoms with Gasteiger partial charge in [-0.25, -0.2) is 0 Å². The molecule has 0 saturated carbocycles. The molecule has 5 nitrogen and oxygen atoms in total. The summed E-state index contributed by atoms with van der Waals surface area (Å²) in [5.41, 5.74) is 1.03. The number of nitrogens with one attached hydrogen (secondary N) is 2. The molecule has 126 valence electrons. The van der Waals surface area contributed by atoms with Gasteiger partial charge < -0.3 is 15.5 Å². The molecule has 1 aromatic rings. The van der Waals surface area contributed by atoms with Crippen molar-refractivity contribution in [2.24, 2.45) is 4.99 Å². The van der Waals surface area contributed by atoms with Crippen molar-refractivity contribution in [3.63, 3.8) is 0 Å². The third-order valence-electron chi connectivity index (χ3n) is 3.74. The van der Waals surface area contributed by atoms with Crippen molar-refractivity contribution in [1.29, 1.82) is 0 Å². The van der Waals surface area contributed by atoms with E-state index in [1.807, 2.05) is 44.2 Å². The molecule has 0 spiro atoms. The largest absolute Gasteiger partial charge is 0.354 e. The Morgan fingerprint density at radius 1 is 1.17 bits per heavy atom. The molecule has 23 heavy (non-hydrogen) atoms. The summed E-state index contributed by atoms with van der Waals surface area (Å²) in [5.74, 6) is 0.940. The topological polar surface area (TPSA) is 56.7 Å². The molecule has 1 amide bonds. The molecule has 1 aromatic carbocycles. The lowest BCUT2D eigenvalue weighted by Crippen LogP contribution is -2.40. The molecule has 0 radical (unpaired) electrons. The number of amides is 1. The van der Waals surface area contributed by atoms with Crippen LogP contribution in [0.4, 0.5) is 5.69 Å². The van der Waals surface area contributed by atoms with Crippen LogP contribution in [0.2, 0.25) is 0 Å². The summed E-state index contributed by atoms with van der Waals surface area (Å²) in [5, 5.41) is 6.31. The lowest BCUT2D eigenvalue weighted by atomic mass is 10.1. The molecule has 0 atom stereocenters. The maximum absolute atomic E-state index is 11.8. The van der Waals surface area contributed by atoms with Crippen molar-refractivity contribution < 1.29 is 4.79 Å². The standard InChI is InChI=1S/C18H28N4O/c1-15(2)20-17(23)11-12-19-18(22-13-7-4-8-14-22)21-16-9-5-3-6-10-16/h3,5-6,9-10,15H,4,7-8,11-14H2,1-2H3,(H,19,21)(H,20,23). The van der Waals surface area contributed by atoms with Gasteiger partial charge in [0.05, 0.1) is 6.54 Å². The van der Waals surface area contributed by atoms with E-state index in [0.717, 1.165) is 24.7 Å². The monoisotopic (exact) mass is 316 g/mol. The number of hydrogen-bond acceptors (Lipinski definition) is 2. The van der Waals surface area contributed by atoms with Gasteiger partial charge in [0.15, 0.2) is 5.96 Å². The van der Waals surface area contributed by atoms with E-state index in [0.29, 0.717) is 13.0 Å². The van der Waals surface area contributed by atoms with Crippen molar-refractivity contribution in [3.05, 3.63) is 30.3 Å². The molecule has 1 fully saturated rings. The molecule has 2 N–H and O–H groups in total. The molecule has 1 heterocycles. The van der Waals surface area contributed by atoms with Gasteiger partial charge in [-0.3, -0.25) is 9.79 Å². The van der Waals surface area contributed by atoms with Crippen molar-refractivity contribution in [3.8, 4) is 0 Å². The average Bonchev–Trinajstić information content (AvgIpc) is 2.55. The van der Waals surface area contributed by atoms with E-state index in [1.165, 1.54) is 19.3 Å². The van der Waals surface area contributed by atoms with Gasteiger partial charge in [-0.1, -0.05) is 18.2 Å². The maximum atomic E-state index is 11.8. The molecular weight excluding hydrogens is 288 g/mol. The quantitative estimate of drug-likeness (QED) is 0.649. The number of nitrogens with zero attached hydrogens (tertiary/aromatic N) is 2. The smallest absolute Gasteiger partial charge is 0.222 e. The lowest BCUT2D eigenvalue weighted by Gasteiger charge is -2.30. The number of anilines is 1. The fourth-order valence-corrected chi connectivity index (χ4v) is 2.63. The number of hydrogen-bond donors (Lipinski definition) is 2. The van der Waals surface area contributed by atoms with Gasteiger partial charge in [-0.2, -0.15) is 0 Å². The van der Waals surface area contributed by atoms with Gasteiger partial charge in [-0.05, 0) is 45.2 Å². The summed E-state index contributed by atoms with van der Waals surface area (Å²) >= 11 is 0. The number of para-hydroxylation sites is 1. The molecule has 1 aliphatic heterocycles. The molecule has 0 unspecified atom stereocenters. The highest BCUT2D eigenvalue weighted by atomic mass is 16.1. The molecule has 5 heteroatoms. The number of piperidine rings is 1. The predicted octanol–water partition coefficient (Wildman–Crippen LogP) is 2.86. The van der Waals surface area contributed by atoms with Crippen LogP contribution in [0.15, 0.2) is 35.3 Å². The first kappa shape index (κ1) is 17.3. The van der Waals surface area contributed by atoms with Gasteiger partial charge in [0.25, 0.3) is 0 Å². The number of guanidine groups is 1. The minimum absolute atomic E-state index is 0.0569. The first-order valence-electron chi connectivity index (χ1n) is 8.56. The molecule has 0 aliphatic carbocycles. The van der Waals surface area contributed by atoms with Crippen molar-refractivity contribution >= 4 is 17.6 Å². The fraction of sp³-hybridized carbons (Fsp3) is 0.556.